The summed E-state index contributed by atoms with van der Waals surface area (Å²) in [6, 6.07) is 26.2. The molecule has 4 aromatic carbocycles. The molecule has 0 unspecified atom stereocenters. The van der Waals surface area contributed by atoms with E-state index in [1.807, 2.05) is 97.1 Å². The number of carbonyl (C=O) groups is 4. The number of nitrogens with two attached hydrogens (primary N) is 4. The Hall–Kier alpha value is -6.21. The zero-order valence-corrected chi connectivity index (χ0v) is 28.8. The number of nitrogens with one attached hydrogen (secondary N) is 4. The molecule has 0 fully saturated rings. The molecule has 4 amide bonds. The van der Waals surface area contributed by atoms with Crippen LogP contribution in [0, 0.1) is 0 Å². The number of hydrogen-bond acceptors (Lipinski definition) is 6. The van der Waals surface area contributed by atoms with Crippen molar-refractivity contribution < 1.29 is 19.2 Å². The Labute approximate surface area is 301 Å². The van der Waals surface area contributed by atoms with E-state index in [1.54, 1.807) is 6.20 Å². The van der Waals surface area contributed by atoms with Gasteiger partial charge in [0.05, 0.1) is 6.04 Å². The van der Waals surface area contributed by atoms with E-state index in [4.69, 9.17) is 22.9 Å². The summed E-state index contributed by atoms with van der Waals surface area (Å²) in [6.45, 7) is 0.240. The zero-order valence-electron chi connectivity index (χ0n) is 28.8. The fourth-order valence-electron chi connectivity index (χ4n) is 6.20. The lowest BCUT2D eigenvalue weighted by Crippen LogP contribution is -2.58. The van der Waals surface area contributed by atoms with Gasteiger partial charge in [0.15, 0.2) is 5.96 Å². The van der Waals surface area contributed by atoms with E-state index in [1.165, 1.54) is 0 Å². The van der Waals surface area contributed by atoms with Crippen LogP contribution in [0.3, 0.4) is 0 Å². The molecule has 0 aliphatic heterocycles. The Morgan fingerprint density at radius 2 is 1.25 bits per heavy atom. The Morgan fingerprint density at radius 3 is 1.98 bits per heavy atom. The Bertz CT molecular complexity index is 2040. The average molecular weight is 704 g/mol. The molecule has 5 rings (SSSR count). The van der Waals surface area contributed by atoms with Gasteiger partial charge in [0.2, 0.25) is 23.6 Å². The number of nitrogens with zero attached hydrogens (tertiary/aromatic N) is 1. The van der Waals surface area contributed by atoms with Crippen LogP contribution in [0.2, 0.25) is 0 Å². The van der Waals surface area contributed by atoms with Crippen molar-refractivity contribution in [2.75, 3.05) is 6.54 Å². The van der Waals surface area contributed by atoms with Crippen molar-refractivity contribution in [2.24, 2.45) is 27.9 Å². The Kier molecular flexibility index (Phi) is 12.6. The fourth-order valence-corrected chi connectivity index (χ4v) is 6.20. The molecule has 0 radical (unpaired) electrons. The molecule has 12 N–H and O–H groups in total. The van der Waals surface area contributed by atoms with Crippen LogP contribution in [0.1, 0.15) is 29.5 Å². The number of rotatable bonds is 17. The van der Waals surface area contributed by atoms with E-state index < -0.39 is 47.8 Å². The maximum Gasteiger partial charge on any atom is 0.243 e. The van der Waals surface area contributed by atoms with Crippen LogP contribution in [0.5, 0.6) is 0 Å². The lowest BCUT2D eigenvalue weighted by atomic mass is 9.98. The standard InChI is InChI=1S/C39H45N9O4/c40-30(21-26-14-8-13-25-12-4-5-15-28(25)26)36(50)47-34(22-27-23-45-31-17-7-6-16-29(27)31)38(52)48-33(20-24-10-2-1-3-11-24)37(51)46-32(35(41)49)18-9-19-44-39(42)43/h1-8,10-17,23,30,32-34,45H,9,18-22,40H2,(H2,41,49)(H,46,51)(H,47,50)(H,48,52)(H4,42,43,44)/t30-,32+,33+,34-/m1/s1. The number of aromatic nitrogens is 1. The predicted molar refractivity (Wildman–Crippen MR) is 203 cm³/mol. The monoisotopic (exact) mass is 703 g/mol. The molecular formula is C39H45N9O4. The number of para-hydroxylation sites is 1. The molecule has 5 aromatic rings. The minimum atomic E-state index is -1.12. The van der Waals surface area contributed by atoms with Crippen LogP contribution >= 0.6 is 0 Å². The van der Waals surface area contributed by atoms with Gasteiger partial charge in [0.1, 0.15) is 18.1 Å². The molecule has 1 aromatic heterocycles. The number of primary amides is 1. The van der Waals surface area contributed by atoms with E-state index >= 15 is 0 Å². The van der Waals surface area contributed by atoms with E-state index in [9.17, 15) is 19.2 Å². The Morgan fingerprint density at radius 1 is 0.635 bits per heavy atom. The molecule has 0 saturated heterocycles. The van der Waals surface area contributed by atoms with Gasteiger partial charge in [-0.2, -0.15) is 0 Å². The van der Waals surface area contributed by atoms with E-state index in [2.05, 4.69) is 25.9 Å². The van der Waals surface area contributed by atoms with Gasteiger partial charge in [-0.3, -0.25) is 24.2 Å². The number of aromatic amines is 1. The van der Waals surface area contributed by atoms with Gasteiger partial charge < -0.3 is 43.9 Å². The molecule has 13 heteroatoms. The van der Waals surface area contributed by atoms with Gasteiger partial charge in [0.25, 0.3) is 0 Å². The third-order valence-corrected chi connectivity index (χ3v) is 8.91. The molecule has 4 atom stereocenters. The van der Waals surface area contributed by atoms with Crippen LogP contribution in [0.15, 0.2) is 108 Å². The van der Waals surface area contributed by atoms with Crippen molar-refractivity contribution in [3.05, 3.63) is 120 Å². The van der Waals surface area contributed by atoms with Gasteiger partial charge in [-0.05, 0) is 52.8 Å². The molecule has 270 valence electrons. The minimum absolute atomic E-state index is 0.0888. The van der Waals surface area contributed by atoms with Crippen LogP contribution in [0.4, 0.5) is 0 Å². The molecule has 0 saturated carbocycles. The highest BCUT2D eigenvalue weighted by Crippen LogP contribution is 2.21. The quantitative estimate of drug-likeness (QED) is 0.0405. The van der Waals surface area contributed by atoms with Gasteiger partial charge >= 0.3 is 0 Å². The number of fused-ring (bicyclic) bond motifs is 2. The first-order valence-corrected chi connectivity index (χ1v) is 17.2. The molecule has 0 bridgehead atoms. The zero-order chi connectivity index (χ0) is 37.0. The highest BCUT2D eigenvalue weighted by Gasteiger charge is 2.31. The number of carbonyl (C=O) groups excluding carboxylic acids is 4. The summed E-state index contributed by atoms with van der Waals surface area (Å²) in [6.07, 6.45) is 2.80. The molecule has 0 aliphatic carbocycles. The summed E-state index contributed by atoms with van der Waals surface area (Å²) in [5.41, 5.74) is 26.2. The summed E-state index contributed by atoms with van der Waals surface area (Å²) in [4.78, 5) is 61.1. The molecule has 52 heavy (non-hydrogen) atoms. The van der Waals surface area contributed by atoms with Crippen molar-refractivity contribution in [1.29, 1.82) is 0 Å². The van der Waals surface area contributed by atoms with Crippen molar-refractivity contribution >= 4 is 51.3 Å². The van der Waals surface area contributed by atoms with Crippen molar-refractivity contribution in [1.82, 2.24) is 20.9 Å². The maximum atomic E-state index is 14.2. The Balaban J connectivity index is 1.38. The lowest BCUT2D eigenvalue weighted by molar-refractivity contribution is -0.133. The van der Waals surface area contributed by atoms with E-state index in [-0.39, 0.29) is 38.2 Å². The summed E-state index contributed by atoms with van der Waals surface area (Å²) in [5.74, 6) is -2.57. The van der Waals surface area contributed by atoms with Crippen LogP contribution in [0.25, 0.3) is 21.7 Å². The van der Waals surface area contributed by atoms with Gasteiger partial charge in [-0.1, -0.05) is 91.0 Å². The summed E-state index contributed by atoms with van der Waals surface area (Å²) in [7, 11) is 0. The number of guanidine groups is 1. The molecule has 0 aliphatic rings. The number of benzene rings is 4. The molecule has 13 nitrogen and oxygen atoms in total. The number of hydrogen-bond donors (Lipinski definition) is 8. The molecular weight excluding hydrogens is 658 g/mol. The van der Waals surface area contributed by atoms with E-state index in [0.29, 0.717) is 6.42 Å². The topological polar surface area (TPSA) is 237 Å². The second-order valence-electron chi connectivity index (χ2n) is 12.7. The third kappa shape index (κ3) is 9.94. The number of H-pyrrole nitrogens is 1. The van der Waals surface area contributed by atoms with Gasteiger partial charge in [-0.25, -0.2) is 0 Å². The van der Waals surface area contributed by atoms with Crippen molar-refractivity contribution in [3.8, 4) is 0 Å². The first-order chi connectivity index (χ1) is 25.1. The third-order valence-electron chi connectivity index (χ3n) is 8.91. The largest absolute Gasteiger partial charge is 0.370 e. The number of aliphatic imine (C=N–C) groups is 1. The average Bonchev–Trinajstić information content (AvgIpc) is 3.55. The summed E-state index contributed by atoms with van der Waals surface area (Å²) >= 11 is 0. The first-order valence-electron chi connectivity index (χ1n) is 17.2. The van der Waals surface area contributed by atoms with Gasteiger partial charge in [0, 0.05) is 36.5 Å². The van der Waals surface area contributed by atoms with Crippen LogP contribution < -0.4 is 38.9 Å². The first kappa shape index (κ1) is 37.1. The normalized spacial score (nSPS) is 13.4. The predicted octanol–water partition coefficient (Wildman–Crippen LogP) is 1.67. The summed E-state index contributed by atoms with van der Waals surface area (Å²) < 4.78 is 0. The van der Waals surface area contributed by atoms with Crippen LogP contribution in [-0.2, 0) is 38.4 Å². The fraction of sp³-hybridized carbons (Fsp3) is 0.256. The molecule has 0 spiro atoms. The van der Waals surface area contributed by atoms with Crippen molar-refractivity contribution in [3.63, 3.8) is 0 Å². The summed E-state index contributed by atoms with van der Waals surface area (Å²) in [5, 5.41) is 11.3. The highest BCUT2D eigenvalue weighted by molar-refractivity contribution is 5.96. The van der Waals surface area contributed by atoms with Gasteiger partial charge in [-0.15, -0.1) is 0 Å². The second-order valence-corrected chi connectivity index (χ2v) is 12.7. The van der Waals surface area contributed by atoms with Crippen LogP contribution in [-0.4, -0.2) is 65.3 Å². The maximum absolute atomic E-state index is 14.2. The second kappa shape index (κ2) is 17.6. The highest BCUT2D eigenvalue weighted by atomic mass is 16.2. The number of amides is 4. The van der Waals surface area contributed by atoms with Crippen molar-refractivity contribution in [2.45, 2.75) is 56.3 Å². The molecule has 1 heterocycles. The SMILES string of the molecule is NC(=O)[C@H](CCCN=C(N)N)NC(=O)[C@H](Cc1ccccc1)NC(=O)[C@@H](Cc1c[nH]c2ccccc12)NC(=O)[C@H](N)Cc1cccc2ccccc12. The minimum Gasteiger partial charge on any atom is -0.370 e. The lowest BCUT2D eigenvalue weighted by Gasteiger charge is -2.26. The van der Waals surface area contributed by atoms with E-state index in [0.717, 1.165) is 38.4 Å². The smallest absolute Gasteiger partial charge is 0.243 e.